The summed E-state index contributed by atoms with van der Waals surface area (Å²) in [5, 5.41) is 34.1. The van der Waals surface area contributed by atoms with E-state index >= 15 is 0 Å². The summed E-state index contributed by atoms with van der Waals surface area (Å²) < 4.78 is 0. The summed E-state index contributed by atoms with van der Waals surface area (Å²) >= 11 is 12.0. The van der Waals surface area contributed by atoms with Crippen LogP contribution in [-0.2, 0) is 21.7 Å². The predicted molar refractivity (Wildman–Crippen MR) is 83.5 cm³/mol. The number of hydrogen-bond donors (Lipinski definition) is 4. The number of alkyl halides is 4. The average molecular weight is 548 g/mol. The first kappa shape index (κ1) is 31.7. The van der Waals surface area contributed by atoms with Gasteiger partial charge in [-0.25, -0.2) is 0 Å². The van der Waals surface area contributed by atoms with E-state index in [0.717, 1.165) is 0 Å². The molecule has 0 aromatic heterocycles. The van der Waals surface area contributed by atoms with Gasteiger partial charge in [0, 0.05) is 43.0 Å². The monoisotopic (exact) mass is 544 g/mol. The van der Waals surface area contributed by atoms with Crippen molar-refractivity contribution in [3.8, 4) is 0 Å². The fourth-order valence-electron chi connectivity index (χ4n) is 0. The van der Waals surface area contributed by atoms with Crippen LogP contribution in [0.2, 0.25) is 0 Å². The molecule has 0 saturated heterocycles. The molecule has 0 spiro atoms. The zero-order valence-corrected chi connectivity index (χ0v) is 17.4. The normalized spacial score (nSPS) is 7.06. The maximum atomic E-state index is 7.83. The van der Waals surface area contributed by atoms with Gasteiger partial charge in [-0.3, -0.25) is 0 Å². The number of halogens is 4. The van der Waals surface area contributed by atoms with E-state index in [0.29, 0.717) is 21.3 Å². The molecule has 0 amide bonds. The third-order valence-electron chi connectivity index (χ3n) is 0.338. The van der Waals surface area contributed by atoms with Gasteiger partial charge in [0.05, 0.1) is 26.4 Å². The first-order chi connectivity index (χ1) is 7.66. The number of rotatable bonds is 4. The van der Waals surface area contributed by atoms with Crippen molar-refractivity contribution >= 4 is 63.7 Å². The van der Waals surface area contributed by atoms with Crippen molar-refractivity contribution < 1.29 is 42.1 Å². The minimum atomic E-state index is 0. The van der Waals surface area contributed by atoms with Crippen molar-refractivity contribution in [3.63, 3.8) is 0 Å². The SMILES string of the molecule is OCCBr.OCCBr.OCCBr.OCCBr.[Ti]. The first-order valence-corrected chi connectivity index (χ1v) is 8.82. The van der Waals surface area contributed by atoms with Crippen molar-refractivity contribution in [2.24, 2.45) is 0 Å². The van der Waals surface area contributed by atoms with Crippen LogP contribution in [-0.4, -0.2) is 68.2 Å². The molecule has 0 radical (unpaired) electrons. The molecule has 0 heterocycles. The minimum absolute atomic E-state index is 0. The van der Waals surface area contributed by atoms with Gasteiger partial charge in [0.25, 0.3) is 0 Å². The minimum Gasteiger partial charge on any atom is -0.396 e. The van der Waals surface area contributed by atoms with Gasteiger partial charge >= 0.3 is 0 Å². The van der Waals surface area contributed by atoms with E-state index in [1.807, 2.05) is 0 Å². The average Bonchev–Trinajstić information content (AvgIpc) is 2.39. The molecule has 0 aliphatic rings. The van der Waals surface area contributed by atoms with Gasteiger partial charge in [-0.05, 0) is 0 Å². The molecular weight excluding hydrogens is 528 g/mol. The summed E-state index contributed by atoms with van der Waals surface area (Å²) in [4.78, 5) is 0. The Labute approximate surface area is 152 Å². The van der Waals surface area contributed by atoms with Gasteiger partial charge in [-0.2, -0.15) is 0 Å². The van der Waals surface area contributed by atoms with Crippen LogP contribution in [0.1, 0.15) is 0 Å². The smallest absolute Gasteiger partial charge is 0.0528 e. The van der Waals surface area contributed by atoms with Crippen molar-refractivity contribution in [2.45, 2.75) is 0 Å². The van der Waals surface area contributed by atoms with Crippen LogP contribution >= 0.6 is 63.7 Å². The maximum Gasteiger partial charge on any atom is 0.0528 e. The molecule has 0 saturated carbocycles. The number of aliphatic hydroxyl groups excluding tert-OH is 4. The zero-order chi connectivity index (χ0) is 13.7. The second kappa shape index (κ2) is 51.4. The topological polar surface area (TPSA) is 80.9 Å². The Morgan fingerprint density at radius 2 is 0.529 bits per heavy atom. The zero-order valence-electron chi connectivity index (χ0n) is 9.46. The Hall–Kier alpha value is 2.47. The van der Waals surface area contributed by atoms with E-state index in [1.54, 1.807) is 0 Å². The van der Waals surface area contributed by atoms with E-state index < -0.39 is 0 Å². The molecule has 17 heavy (non-hydrogen) atoms. The maximum absolute atomic E-state index is 7.83. The van der Waals surface area contributed by atoms with Crippen molar-refractivity contribution in [3.05, 3.63) is 0 Å². The van der Waals surface area contributed by atoms with Crippen LogP contribution in [0, 0.1) is 0 Å². The number of aliphatic hydroxyl groups is 4. The standard InChI is InChI=1S/4C2H5BrO.Ti/c4*3-1-2-4;/h4*4H,1-2H2;. The Morgan fingerprint density at radius 3 is 0.529 bits per heavy atom. The fourth-order valence-corrected chi connectivity index (χ4v) is 0. The summed E-state index contributed by atoms with van der Waals surface area (Å²) in [6, 6.07) is 0. The van der Waals surface area contributed by atoms with Crippen LogP contribution in [0.25, 0.3) is 0 Å². The molecule has 0 atom stereocenters. The molecule has 0 aromatic rings. The van der Waals surface area contributed by atoms with Gasteiger partial charge < -0.3 is 20.4 Å². The van der Waals surface area contributed by atoms with E-state index in [4.69, 9.17) is 20.4 Å². The molecule has 9 heteroatoms. The molecule has 0 aromatic carbocycles. The molecule has 4 nitrogen and oxygen atoms in total. The van der Waals surface area contributed by atoms with Crippen LogP contribution in [0.4, 0.5) is 0 Å². The van der Waals surface area contributed by atoms with Crippen LogP contribution in [0.3, 0.4) is 0 Å². The summed E-state index contributed by atoms with van der Waals surface area (Å²) in [6.07, 6.45) is 0. The summed E-state index contributed by atoms with van der Waals surface area (Å²) in [6.45, 7) is 0.944. The third-order valence-corrected chi connectivity index (χ3v) is 1.76. The van der Waals surface area contributed by atoms with Gasteiger partial charge in [-0.1, -0.05) is 63.7 Å². The van der Waals surface area contributed by atoms with Gasteiger partial charge in [-0.15, -0.1) is 0 Å². The van der Waals surface area contributed by atoms with E-state index in [-0.39, 0.29) is 48.1 Å². The Bertz CT molecular complexity index is 53.5. The van der Waals surface area contributed by atoms with Crippen molar-refractivity contribution in [1.82, 2.24) is 0 Å². The molecule has 0 aliphatic heterocycles. The number of hydrogen-bond acceptors (Lipinski definition) is 4. The molecule has 0 aliphatic carbocycles. The van der Waals surface area contributed by atoms with Crippen LogP contribution in [0.15, 0.2) is 0 Å². The Balaban J connectivity index is -0.0000000369. The predicted octanol–water partition coefficient (Wildman–Crippen LogP) is 1.49. The molecule has 0 bridgehead atoms. The molecule has 0 rings (SSSR count). The van der Waals surface area contributed by atoms with Crippen molar-refractivity contribution in [2.75, 3.05) is 47.7 Å². The van der Waals surface area contributed by atoms with E-state index in [1.165, 1.54) is 0 Å². The second-order valence-electron chi connectivity index (χ2n) is 1.65. The van der Waals surface area contributed by atoms with Gasteiger partial charge in [0.2, 0.25) is 0 Å². The first-order valence-electron chi connectivity index (χ1n) is 4.33. The van der Waals surface area contributed by atoms with Crippen LogP contribution < -0.4 is 0 Å². The van der Waals surface area contributed by atoms with Gasteiger partial charge in [0.1, 0.15) is 0 Å². The molecule has 4 N–H and O–H groups in total. The third kappa shape index (κ3) is 120. The summed E-state index contributed by atoms with van der Waals surface area (Å²) in [5.74, 6) is 0. The van der Waals surface area contributed by atoms with Gasteiger partial charge in [0.15, 0.2) is 0 Å². The molecule has 108 valence electrons. The van der Waals surface area contributed by atoms with E-state index in [9.17, 15) is 0 Å². The molecule has 0 fully saturated rings. The largest absolute Gasteiger partial charge is 0.396 e. The summed E-state index contributed by atoms with van der Waals surface area (Å²) in [7, 11) is 0. The second-order valence-corrected chi connectivity index (χ2v) is 4.82. The summed E-state index contributed by atoms with van der Waals surface area (Å²) in [5.41, 5.74) is 0. The Kier molecular flexibility index (Phi) is 96.0. The Morgan fingerprint density at radius 1 is 0.471 bits per heavy atom. The quantitative estimate of drug-likeness (QED) is 0.318. The van der Waals surface area contributed by atoms with Crippen LogP contribution in [0.5, 0.6) is 0 Å². The molecular formula is C8H20Br4O4Ti. The van der Waals surface area contributed by atoms with E-state index in [2.05, 4.69) is 63.7 Å². The fraction of sp³-hybridized carbons (Fsp3) is 1.00. The van der Waals surface area contributed by atoms with Crippen molar-refractivity contribution in [1.29, 1.82) is 0 Å². The molecule has 0 unspecified atom stereocenters.